The molecule has 1 unspecified atom stereocenters. The first-order chi connectivity index (χ1) is 6.58. The Morgan fingerprint density at radius 1 is 1.64 bits per heavy atom. The molecule has 0 aromatic carbocycles. The lowest BCUT2D eigenvalue weighted by atomic mass is 9.93. The van der Waals surface area contributed by atoms with E-state index in [1.54, 1.807) is 4.68 Å². The van der Waals surface area contributed by atoms with Crippen molar-refractivity contribution in [3.05, 3.63) is 18.0 Å². The molecule has 0 aliphatic heterocycles. The molecule has 0 saturated heterocycles. The summed E-state index contributed by atoms with van der Waals surface area (Å²) in [5, 5.41) is 14.2. The number of aromatic nitrogens is 2. The molecule has 1 N–H and O–H groups in total. The predicted octanol–water partition coefficient (Wildman–Crippen LogP) is 1.51. The Morgan fingerprint density at radius 2 is 2.36 bits per heavy atom. The average molecular weight is 194 g/mol. The van der Waals surface area contributed by atoms with Crippen LogP contribution in [0.25, 0.3) is 0 Å². The third-order valence-corrected chi connectivity index (χ3v) is 3.14. The Bertz CT molecular complexity index is 313. The summed E-state index contributed by atoms with van der Waals surface area (Å²) < 4.78 is 1.81. The van der Waals surface area contributed by atoms with Gasteiger partial charge in [0.2, 0.25) is 0 Å². The van der Waals surface area contributed by atoms with E-state index in [0.29, 0.717) is 5.92 Å². The van der Waals surface area contributed by atoms with Crippen LogP contribution in [0.5, 0.6) is 0 Å². The SMILES string of the molecule is Cn1cc(CCC(C)(O)C2CC2)cn1. The lowest BCUT2D eigenvalue weighted by Gasteiger charge is -2.22. The second kappa shape index (κ2) is 3.39. The van der Waals surface area contributed by atoms with E-state index in [2.05, 4.69) is 5.10 Å². The van der Waals surface area contributed by atoms with Gasteiger partial charge < -0.3 is 5.11 Å². The zero-order valence-corrected chi connectivity index (χ0v) is 8.90. The summed E-state index contributed by atoms with van der Waals surface area (Å²) in [5.41, 5.74) is 0.754. The van der Waals surface area contributed by atoms with Gasteiger partial charge in [0.15, 0.2) is 0 Å². The van der Waals surface area contributed by atoms with Crippen LogP contribution >= 0.6 is 0 Å². The van der Waals surface area contributed by atoms with Crippen LogP contribution in [0.4, 0.5) is 0 Å². The van der Waals surface area contributed by atoms with Gasteiger partial charge in [0.1, 0.15) is 0 Å². The van der Waals surface area contributed by atoms with Crippen molar-refractivity contribution in [3.63, 3.8) is 0 Å². The van der Waals surface area contributed by atoms with Gasteiger partial charge in [-0.2, -0.15) is 5.10 Å². The zero-order valence-electron chi connectivity index (χ0n) is 8.90. The molecule has 0 bridgehead atoms. The number of hydrogen-bond acceptors (Lipinski definition) is 2. The van der Waals surface area contributed by atoms with Crippen LogP contribution in [0.15, 0.2) is 12.4 Å². The van der Waals surface area contributed by atoms with Crippen molar-refractivity contribution in [2.24, 2.45) is 13.0 Å². The van der Waals surface area contributed by atoms with Crippen LogP contribution in [0, 0.1) is 5.92 Å². The molecule has 1 aliphatic carbocycles. The molecule has 1 aliphatic rings. The summed E-state index contributed by atoms with van der Waals surface area (Å²) in [7, 11) is 1.92. The molecule has 3 heteroatoms. The summed E-state index contributed by atoms with van der Waals surface area (Å²) in [6.07, 6.45) is 8.06. The van der Waals surface area contributed by atoms with Crippen molar-refractivity contribution in [2.75, 3.05) is 0 Å². The number of rotatable bonds is 4. The molecule has 0 spiro atoms. The minimum Gasteiger partial charge on any atom is -0.390 e. The van der Waals surface area contributed by atoms with Crippen LogP contribution in [0.2, 0.25) is 0 Å². The highest BCUT2D eigenvalue weighted by molar-refractivity contribution is 5.05. The van der Waals surface area contributed by atoms with Gasteiger partial charge in [-0.15, -0.1) is 0 Å². The average Bonchev–Trinajstić information content (AvgIpc) is 2.89. The third-order valence-electron chi connectivity index (χ3n) is 3.14. The Kier molecular flexibility index (Phi) is 2.35. The molecule has 3 nitrogen and oxygen atoms in total. The van der Waals surface area contributed by atoms with Gasteiger partial charge in [-0.25, -0.2) is 0 Å². The fourth-order valence-corrected chi connectivity index (χ4v) is 1.91. The fourth-order valence-electron chi connectivity index (χ4n) is 1.91. The first kappa shape index (κ1) is 9.71. The summed E-state index contributed by atoms with van der Waals surface area (Å²) in [5.74, 6) is 0.541. The minimum absolute atomic E-state index is 0.462. The van der Waals surface area contributed by atoms with Gasteiger partial charge in [-0.1, -0.05) is 0 Å². The molecule has 1 aromatic rings. The fraction of sp³-hybridized carbons (Fsp3) is 0.727. The van der Waals surface area contributed by atoms with E-state index in [9.17, 15) is 5.11 Å². The second-order valence-electron chi connectivity index (χ2n) is 4.65. The zero-order chi connectivity index (χ0) is 10.2. The topological polar surface area (TPSA) is 38.0 Å². The normalized spacial score (nSPS) is 20.8. The van der Waals surface area contributed by atoms with E-state index >= 15 is 0 Å². The van der Waals surface area contributed by atoms with Gasteiger partial charge in [-0.05, 0) is 44.1 Å². The minimum atomic E-state index is -0.462. The summed E-state index contributed by atoms with van der Waals surface area (Å²) in [4.78, 5) is 0. The van der Waals surface area contributed by atoms with Crippen molar-refractivity contribution in [2.45, 2.75) is 38.2 Å². The third kappa shape index (κ3) is 2.15. The molecule has 1 heterocycles. The van der Waals surface area contributed by atoms with Crippen LogP contribution in [-0.2, 0) is 13.5 Å². The number of aliphatic hydroxyl groups is 1. The first-order valence-corrected chi connectivity index (χ1v) is 5.28. The Balaban J connectivity index is 1.87. The quantitative estimate of drug-likeness (QED) is 0.789. The monoisotopic (exact) mass is 194 g/mol. The lowest BCUT2D eigenvalue weighted by Crippen LogP contribution is -2.27. The van der Waals surface area contributed by atoms with Crippen LogP contribution in [-0.4, -0.2) is 20.5 Å². The molecular formula is C11H18N2O. The van der Waals surface area contributed by atoms with Crippen molar-refractivity contribution in [1.82, 2.24) is 9.78 Å². The van der Waals surface area contributed by atoms with E-state index in [1.807, 2.05) is 26.4 Å². The number of hydrogen-bond donors (Lipinski definition) is 1. The summed E-state index contributed by atoms with van der Waals surface area (Å²) in [6, 6.07) is 0. The highest BCUT2D eigenvalue weighted by Gasteiger charge is 2.39. The molecule has 0 radical (unpaired) electrons. The Hall–Kier alpha value is -0.830. The highest BCUT2D eigenvalue weighted by Crippen LogP contribution is 2.41. The summed E-state index contributed by atoms with van der Waals surface area (Å²) >= 11 is 0. The van der Waals surface area contributed by atoms with Crippen molar-refractivity contribution >= 4 is 0 Å². The predicted molar refractivity (Wildman–Crippen MR) is 54.9 cm³/mol. The molecular weight excluding hydrogens is 176 g/mol. The molecule has 1 atom stereocenters. The molecule has 0 amide bonds. The van der Waals surface area contributed by atoms with E-state index in [4.69, 9.17) is 0 Å². The Morgan fingerprint density at radius 3 is 2.86 bits per heavy atom. The van der Waals surface area contributed by atoms with E-state index < -0.39 is 5.60 Å². The smallest absolute Gasteiger partial charge is 0.0651 e. The van der Waals surface area contributed by atoms with E-state index in [-0.39, 0.29) is 0 Å². The van der Waals surface area contributed by atoms with Crippen LogP contribution in [0.3, 0.4) is 0 Å². The van der Waals surface area contributed by atoms with Crippen molar-refractivity contribution in [1.29, 1.82) is 0 Å². The van der Waals surface area contributed by atoms with Crippen LogP contribution < -0.4 is 0 Å². The second-order valence-corrected chi connectivity index (χ2v) is 4.65. The highest BCUT2D eigenvalue weighted by atomic mass is 16.3. The molecule has 78 valence electrons. The summed E-state index contributed by atoms with van der Waals surface area (Å²) in [6.45, 7) is 1.96. The van der Waals surface area contributed by atoms with Crippen LogP contribution in [0.1, 0.15) is 31.7 Å². The van der Waals surface area contributed by atoms with Gasteiger partial charge in [-0.3, -0.25) is 4.68 Å². The molecule has 1 fully saturated rings. The van der Waals surface area contributed by atoms with Crippen molar-refractivity contribution < 1.29 is 5.11 Å². The number of nitrogens with zero attached hydrogens (tertiary/aromatic N) is 2. The standard InChI is InChI=1S/C11H18N2O/c1-11(14,10-3-4-10)6-5-9-7-12-13(2)8-9/h7-8,10,14H,3-6H2,1-2H3. The van der Waals surface area contributed by atoms with Gasteiger partial charge >= 0.3 is 0 Å². The maximum absolute atomic E-state index is 10.1. The molecule has 1 aromatic heterocycles. The van der Waals surface area contributed by atoms with Gasteiger partial charge in [0.25, 0.3) is 0 Å². The molecule has 2 rings (SSSR count). The van der Waals surface area contributed by atoms with E-state index in [0.717, 1.165) is 12.8 Å². The first-order valence-electron chi connectivity index (χ1n) is 5.28. The number of aryl methyl sites for hydroxylation is 2. The van der Waals surface area contributed by atoms with E-state index in [1.165, 1.54) is 18.4 Å². The van der Waals surface area contributed by atoms with Crippen molar-refractivity contribution in [3.8, 4) is 0 Å². The maximum Gasteiger partial charge on any atom is 0.0651 e. The molecule has 1 saturated carbocycles. The van der Waals surface area contributed by atoms with Gasteiger partial charge in [0.05, 0.1) is 11.8 Å². The Labute approximate surface area is 84.7 Å². The molecule has 14 heavy (non-hydrogen) atoms. The lowest BCUT2D eigenvalue weighted by molar-refractivity contribution is 0.0284. The van der Waals surface area contributed by atoms with Gasteiger partial charge in [0, 0.05) is 13.2 Å². The largest absolute Gasteiger partial charge is 0.390 e. The maximum atomic E-state index is 10.1.